The van der Waals surface area contributed by atoms with Crippen molar-refractivity contribution in [3.63, 3.8) is 0 Å². The summed E-state index contributed by atoms with van der Waals surface area (Å²) in [6, 6.07) is 4.78. The zero-order valence-electron chi connectivity index (χ0n) is 18.4. The summed E-state index contributed by atoms with van der Waals surface area (Å²) in [7, 11) is -2.67. The molecule has 1 aromatic carbocycles. The summed E-state index contributed by atoms with van der Waals surface area (Å²) < 4.78 is 73.6. The van der Waals surface area contributed by atoms with Crippen molar-refractivity contribution in [3.8, 4) is 5.75 Å². The Bertz CT molecular complexity index is 1060. The topological polar surface area (TPSA) is 86.8 Å². The molecule has 154 valence electrons. The number of aliphatic imine (C=N–C) groups is 1. The summed E-state index contributed by atoms with van der Waals surface area (Å²) in [5.74, 6) is -1.62. The fourth-order valence-electron chi connectivity index (χ4n) is 3.18. The lowest BCUT2D eigenvalue weighted by molar-refractivity contribution is -0.0146. The molecule has 6 nitrogen and oxygen atoms in total. The molecular weight excluding hydrogens is 387 g/mol. The first kappa shape index (κ1) is 17.0. The number of Topliss-reactive ketones (excluding diaryl/α,β-unsaturated/α-hetero) is 1. The maximum absolute atomic E-state index is 14.5. The number of alkyl halides is 2. The van der Waals surface area contributed by atoms with Crippen molar-refractivity contribution in [3.05, 3.63) is 58.7 Å². The van der Waals surface area contributed by atoms with Crippen LogP contribution in [0, 0.1) is 12.7 Å². The lowest BCUT2D eigenvalue weighted by Crippen LogP contribution is -2.45. The van der Waals surface area contributed by atoms with E-state index in [0.29, 0.717) is 5.56 Å². The van der Waals surface area contributed by atoms with Crippen LogP contribution >= 0.6 is 0 Å². The van der Waals surface area contributed by atoms with Gasteiger partial charge in [-0.3, -0.25) is 9.79 Å². The van der Waals surface area contributed by atoms with Gasteiger partial charge < -0.3 is 15.2 Å². The lowest BCUT2D eigenvalue weighted by Gasteiger charge is -2.33. The predicted octanol–water partition coefficient (Wildman–Crippen LogP) is 2.81. The van der Waals surface area contributed by atoms with Crippen LogP contribution < -0.4 is 10.5 Å². The van der Waals surface area contributed by atoms with Crippen LogP contribution in [-0.4, -0.2) is 43.3 Å². The summed E-state index contributed by atoms with van der Waals surface area (Å²) >= 11 is 0. The first-order valence-corrected chi connectivity index (χ1v) is 8.59. The predicted molar refractivity (Wildman–Crippen MR) is 100 cm³/mol. The normalized spacial score (nSPS) is 21.1. The van der Waals surface area contributed by atoms with Gasteiger partial charge in [-0.2, -0.15) is 0 Å². The molecule has 9 heteroatoms. The smallest absolute Gasteiger partial charge is 0.269 e. The molecule has 0 aliphatic carbocycles. The van der Waals surface area contributed by atoms with Gasteiger partial charge in [-0.15, -0.1) is 0 Å². The molecule has 0 saturated heterocycles. The number of rotatable bonds is 6. The van der Waals surface area contributed by atoms with Gasteiger partial charge in [-0.05, 0) is 36.2 Å². The number of aryl methyl sites for hydroxylation is 1. The third-order valence-corrected chi connectivity index (χ3v) is 4.57. The third-order valence-electron chi connectivity index (χ3n) is 4.57. The van der Waals surface area contributed by atoms with Crippen molar-refractivity contribution in [1.29, 1.82) is 0 Å². The van der Waals surface area contributed by atoms with Crippen molar-refractivity contribution < 1.29 is 31.6 Å². The second-order valence-corrected chi connectivity index (χ2v) is 6.67. The molecule has 1 aliphatic heterocycles. The van der Waals surface area contributed by atoms with Gasteiger partial charge in [0.2, 0.25) is 0 Å². The molecule has 1 aliphatic rings. The Morgan fingerprint density at radius 3 is 2.90 bits per heavy atom. The Labute approximate surface area is 169 Å². The quantitative estimate of drug-likeness (QED) is 0.740. The van der Waals surface area contributed by atoms with Gasteiger partial charge in [0.05, 0.1) is 24.0 Å². The fraction of sp³-hybridized carbons (Fsp3) is 0.350. The van der Waals surface area contributed by atoms with Crippen LogP contribution in [0.1, 0.15) is 31.3 Å². The number of carbonyl (C=O) groups is 1. The summed E-state index contributed by atoms with van der Waals surface area (Å²) in [5, 5.41) is 0. The number of nitrogens with zero attached hydrogens (tertiary/aromatic N) is 2. The Hall–Kier alpha value is -2.94. The molecule has 2 aromatic rings. The van der Waals surface area contributed by atoms with E-state index in [4.69, 9.17) is 19.3 Å². The van der Waals surface area contributed by atoms with Gasteiger partial charge in [0.15, 0.2) is 11.3 Å². The average molecular weight is 410 g/mol. The minimum atomic E-state index is -3.10. The maximum atomic E-state index is 14.5. The molecule has 3 rings (SSSR count). The zero-order chi connectivity index (χ0) is 23.7. The van der Waals surface area contributed by atoms with Gasteiger partial charge in [-0.25, -0.2) is 18.2 Å². The number of pyridine rings is 1. The van der Waals surface area contributed by atoms with E-state index in [0.717, 1.165) is 18.3 Å². The van der Waals surface area contributed by atoms with E-state index < -0.39 is 42.8 Å². The number of hydrogen-bond donors (Lipinski definition) is 1. The van der Waals surface area contributed by atoms with Crippen molar-refractivity contribution in [2.45, 2.75) is 25.3 Å². The SMILES string of the molecule is [2H]C([2H])([2H])Oc1cnc(C(=O)Cc2ccc(F)c([C@]3(C(F)F)COCC(N)=N3)c2)c(C)c1. The van der Waals surface area contributed by atoms with Crippen LogP contribution in [0.15, 0.2) is 35.5 Å². The fourth-order valence-corrected chi connectivity index (χ4v) is 3.18. The van der Waals surface area contributed by atoms with Crippen molar-refractivity contribution in [2.75, 3.05) is 20.3 Å². The molecule has 2 N–H and O–H groups in total. The van der Waals surface area contributed by atoms with Crippen molar-refractivity contribution in [2.24, 2.45) is 10.7 Å². The average Bonchev–Trinajstić information content (AvgIpc) is 2.68. The summed E-state index contributed by atoms with van der Waals surface area (Å²) in [4.78, 5) is 20.5. The molecule has 1 aromatic heterocycles. The van der Waals surface area contributed by atoms with Crippen LogP contribution in [0.25, 0.3) is 0 Å². The van der Waals surface area contributed by atoms with Crippen molar-refractivity contribution in [1.82, 2.24) is 4.98 Å². The number of amidine groups is 1. The van der Waals surface area contributed by atoms with Crippen LogP contribution in [0.2, 0.25) is 0 Å². The monoisotopic (exact) mass is 410 g/mol. The Balaban J connectivity index is 1.89. The number of nitrogens with two attached hydrogens (primary N) is 1. The molecular formula is C20H20F3N3O3. The molecule has 0 saturated carbocycles. The van der Waals surface area contributed by atoms with E-state index in [-0.39, 0.29) is 35.9 Å². The lowest BCUT2D eigenvalue weighted by atomic mass is 9.88. The minimum Gasteiger partial charge on any atom is -0.495 e. The number of ether oxygens (including phenoxy) is 2. The van der Waals surface area contributed by atoms with Gasteiger partial charge in [0.25, 0.3) is 6.43 Å². The van der Waals surface area contributed by atoms with E-state index in [1.807, 2.05) is 0 Å². The van der Waals surface area contributed by atoms with Gasteiger partial charge in [0.1, 0.15) is 29.7 Å². The number of benzene rings is 1. The van der Waals surface area contributed by atoms with E-state index in [1.165, 1.54) is 12.1 Å². The molecule has 0 unspecified atom stereocenters. The number of hydrogen-bond acceptors (Lipinski definition) is 6. The molecule has 0 radical (unpaired) electrons. The number of ketones is 1. The highest BCUT2D eigenvalue weighted by Crippen LogP contribution is 2.37. The highest BCUT2D eigenvalue weighted by Gasteiger charge is 2.46. The van der Waals surface area contributed by atoms with Crippen LogP contribution in [-0.2, 0) is 16.7 Å². The number of halogens is 3. The third kappa shape index (κ3) is 4.09. The minimum absolute atomic E-state index is 0.0326. The van der Waals surface area contributed by atoms with Crippen LogP contribution in [0.3, 0.4) is 0 Å². The van der Waals surface area contributed by atoms with Crippen LogP contribution in [0.4, 0.5) is 13.2 Å². The molecule has 0 bridgehead atoms. The first-order valence-electron chi connectivity index (χ1n) is 10.1. The second kappa shape index (κ2) is 8.20. The van der Waals surface area contributed by atoms with Gasteiger partial charge >= 0.3 is 0 Å². The Morgan fingerprint density at radius 1 is 1.45 bits per heavy atom. The number of carbonyl (C=O) groups excluding carboxylic acids is 1. The molecule has 0 fully saturated rings. The van der Waals surface area contributed by atoms with Crippen LogP contribution in [0.5, 0.6) is 5.75 Å². The summed E-state index contributed by atoms with van der Waals surface area (Å²) in [6.07, 6.45) is -2.26. The van der Waals surface area contributed by atoms with Crippen molar-refractivity contribution >= 4 is 11.6 Å². The van der Waals surface area contributed by atoms with E-state index in [9.17, 15) is 18.0 Å². The second-order valence-electron chi connectivity index (χ2n) is 6.67. The standard InChI is InChI=1S/C20H20F3N3O3/c1-11-5-13(28-2)8-25-18(11)16(27)7-12-3-4-15(21)14(6-12)20(19(22)23)10-29-9-17(24)26-20/h3-6,8,19H,7,9-10H2,1-2H3,(H2,24,26)/t20-/m0/s1/i2D3. The van der Waals surface area contributed by atoms with E-state index in [2.05, 4.69) is 9.98 Å². The van der Waals surface area contributed by atoms with E-state index >= 15 is 0 Å². The summed E-state index contributed by atoms with van der Waals surface area (Å²) in [5.41, 5.74) is 3.49. The Morgan fingerprint density at radius 2 is 2.24 bits per heavy atom. The number of methoxy groups -OCH3 is 1. The molecule has 1 atom stereocenters. The highest BCUT2D eigenvalue weighted by atomic mass is 19.3. The molecule has 29 heavy (non-hydrogen) atoms. The maximum Gasteiger partial charge on any atom is 0.269 e. The molecule has 0 spiro atoms. The van der Waals surface area contributed by atoms with E-state index in [1.54, 1.807) is 6.92 Å². The van der Waals surface area contributed by atoms with Gasteiger partial charge in [-0.1, -0.05) is 6.07 Å². The van der Waals surface area contributed by atoms with Gasteiger partial charge in [0, 0.05) is 12.0 Å². The zero-order valence-corrected chi connectivity index (χ0v) is 15.4. The largest absolute Gasteiger partial charge is 0.495 e. The summed E-state index contributed by atoms with van der Waals surface area (Å²) in [6.45, 7) is 0.845. The first-order chi connectivity index (χ1) is 14.9. The highest BCUT2D eigenvalue weighted by molar-refractivity contribution is 5.97. The molecule has 2 heterocycles. The Kier molecular flexibility index (Phi) is 4.80. The number of aromatic nitrogens is 1. The molecule has 0 amide bonds.